The first-order chi connectivity index (χ1) is 5.15. The van der Waals surface area contributed by atoms with Crippen LogP contribution in [0.4, 0.5) is 0 Å². The van der Waals surface area contributed by atoms with E-state index in [0.29, 0.717) is 0 Å². The molecule has 1 rings (SSSR count). The van der Waals surface area contributed by atoms with Crippen molar-refractivity contribution in [2.75, 3.05) is 6.54 Å². The van der Waals surface area contributed by atoms with Gasteiger partial charge in [0, 0.05) is 18.6 Å². The Morgan fingerprint density at radius 1 is 1.45 bits per heavy atom. The molecule has 1 saturated heterocycles. The lowest BCUT2D eigenvalue weighted by molar-refractivity contribution is 0.195. The summed E-state index contributed by atoms with van der Waals surface area (Å²) in [6.07, 6.45) is 2.68. The molecule has 1 fully saturated rings. The fraction of sp³-hybridized carbons (Fsp3) is 1.00. The van der Waals surface area contributed by atoms with Crippen LogP contribution in [0.15, 0.2) is 0 Å². The van der Waals surface area contributed by atoms with E-state index in [1.165, 1.54) is 19.4 Å². The van der Waals surface area contributed by atoms with Crippen molar-refractivity contribution in [3.8, 4) is 0 Å². The van der Waals surface area contributed by atoms with E-state index >= 15 is 0 Å². The number of likely N-dealkylation sites (tertiary alicyclic amines) is 1. The van der Waals surface area contributed by atoms with E-state index in [1.807, 2.05) is 0 Å². The zero-order chi connectivity index (χ0) is 8.43. The van der Waals surface area contributed by atoms with Crippen LogP contribution in [0.25, 0.3) is 0 Å². The van der Waals surface area contributed by atoms with Gasteiger partial charge in [-0.2, -0.15) is 0 Å². The Hall–Kier alpha value is -0.0400. The van der Waals surface area contributed by atoms with Crippen molar-refractivity contribution in [3.05, 3.63) is 0 Å². The maximum absolute atomic E-state index is 2.64. The van der Waals surface area contributed by atoms with Crippen molar-refractivity contribution in [2.24, 2.45) is 5.92 Å². The van der Waals surface area contributed by atoms with Crippen molar-refractivity contribution in [1.82, 2.24) is 4.90 Å². The van der Waals surface area contributed by atoms with Crippen molar-refractivity contribution >= 4 is 0 Å². The van der Waals surface area contributed by atoms with E-state index in [-0.39, 0.29) is 0 Å². The summed E-state index contributed by atoms with van der Waals surface area (Å²) in [5.41, 5.74) is 0. The minimum absolute atomic E-state index is 0.787. The topological polar surface area (TPSA) is 3.24 Å². The van der Waals surface area contributed by atoms with Crippen LogP contribution in [0, 0.1) is 5.92 Å². The molecule has 0 aromatic carbocycles. The van der Waals surface area contributed by atoms with Crippen molar-refractivity contribution in [1.29, 1.82) is 0 Å². The summed E-state index contributed by atoms with van der Waals surface area (Å²) in [4.78, 5) is 2.64. The van der Waals surface area contributed by atoms with Crippen LogP contribution in [0.1, 0.15) is 40.5 Å². The van der Waals surface area contributed by atoms with Crippen LogP contribution in [-0.2, 0) is 0 Å². The molecular formula is C10H21N. The molecular weight excluding hydrogens is 134 g/mol. The second-order valence-electron chi connectivity index (χ2n) is 4.14. The average Bonchev–Trinajstić information content (AvgIpc) is 2.28. The summed E-state index contributed by atoms with van der Waals surface area (Å²) in [5, 5.41) is 0. The first-order valence-corrected chi connectivity index (χ1v) is 4.90. The standard InChI is InChI=1S/C10H21N/c1-5-9(3)11-7-8(2)6-10(11)4/h8-10H,5-7H2,1-4H3. The van der Waals surface area contributed by atoms with Crippen molar-refractivity contribution in [3.63, 3.8) is 0 Å². The first-order valence-electron chi connectivity index (χ1n) is 4.90. The van der Waals surface area contributed by atoms with Gasteiger partial charge in [-0.05, 0) is 32.6 Å². The Balaban J connectivity index is 2.45. The van der Waals surface area contributed by atoms with Gasteiger partial charge in [-0.15, -0.1) is 0 Å². The van der Waals surface area contributed by atoms with Crippen LogP contribution in [0.3, 0.4) is 0 Å². The second kappa shape index (κ2) is 3.57. The molecule has 1 aliphatic heterocycles. The van der Waals surface area contributed by atoms with E-state index in [4.69, 9.17) is 0 Å². The average molecular weight is 155 g/mol. The summed E-state index contributed by atoms with van der Waals surface area (Å²) in [7, 11) is 0. The number of nitrogens with zero attached hydrogens (tertiary/aromatic N) is 1. The summed E-state index contributed by atoms with van der Waals surface area (Å²) in [6.45, 7) is 10.7. The van der Waals surface area contributed by atoms with Gasteiger partial charge in [-0.25, -0.2) is 0 Å². The molecule has 0 aromatic heterocycles. The zero-order valence-corrected chi connectivity index (χ0v) is 8.30. The monoisotopic (exact) mass is 155 g/mol. The van der Waals surface area contributed by atoms with Crippen molar-refractivity contribution in [2.45, 2.75) is 52.6 Å². The quantitative estimate of drug-likeness (QED) is 0.592. The number of rotatable bonds is 2. The lowest BCUT2D eigenvalue weighted by atomic mass is 10.1. The van der Waals surface area contributed by atoms with Crippen LogP contribution in [0.5, 0.6) is 0 Å². The van der Waals surface area contributed by atoms with Gasteiger partial charge in [0.2, 0.25) is 0 Å². The smallest absolute Gasteiger partial charge is 0.00728 e. The molecule has 1 nitrogen and oxygen atoms in total. The molecule has 0 spiro atoms. The predicted octanol–water partition coefficient (Wildman–Crippen LogP) is 2.52. The third-order valence-corrected chi connectivity index (χ3v) is 2.99. The Labute approximate surface area is 70.8 Å². The lowest BCUT2D eigenvalue weighted by Gasteiger charge is -2.27. The summed E-state index contributed by atoms with van der Waals surface area (Å²) >= 11 is 0. The SMILES string of the molecule is CCC(C)N1CC(C)CC1C. The molecule has 0 bridgehead atoms. The zero-order valence-electron chi connectivity index (χ0n) is 8.30. The maximum atomic E-state index is 2.64. The molecule has 0 N–H and O–H groups in total. The molecule has 0 aliphatic carbocycles. The van der Waals surface area contributed by atoms with Gasteiger partial charge in [-0.3, -0.25) is 4.90 Å². The van der Waals surface area contributed by atoms with E-state index in [1.54, 1.807) is 0 Å². The minimum atomic E-state index is 0.787. The van der Waals surface area contributed by atoms with Gasteiger partial charge in [0.1, 0.15) is 0 Å². The molecule has 3 unspecified atom stereocenters. The summed E-state index contributed by atoms with van der Waals surface area (Å²) in [5.74, 6) is 0.916. The molecule has 0 saturated carbocycles. The van der Waals surface area contributed by atoms with Gasteiger partial charge < -0.3 is 0 Å². The van der Waals surface area contributed by atoms with Crippen LogP contribution < -0.4 is 0 Å². The fourth-order valence-electron chi connectivity index (χ4n) is 2.18. The molecule has 0 radical (unpaired) electrons. The third kappa shape index (κ3) is 1.96. The van der Waals surface area contributed by atoms with Crippen LogP contribution in [0.2, 0.25) is 0 Å². The Bertz CT molecular complexity index is 118. The predicted molar refractivity (Wildman–Crippen MR) is 49.7 cm³/mol. The minimum Gasteiger partial charge on any atom is -0.298 e. The molecule has 66 valence electrons. The molecule has 0 amide bonds. The number of hydrogen-bond acceptors (Lipinski definition) is 1. The van der Waals surface area contributed by atoms with Gasteiger partial charge >= 0.3 is 0 Å². The van der Waals surface area contributed by atoms with Gasteiger partial charge in [-0.1, -0.05) is 13.8 Å². The number of hydrogen-bond donors (Lipinski definition) is 0. The van der Waals surface area contributed by atoms with E-state index in [9.17, 15) is 0 Å². The highest BCUT2D eigenvalue weighted by Gasteiger charge is 2.28. The molecule has 1 heterocycles. The van der Waals surface area contributed by atoms with Gasteiger partial charge in [0.25, 0.3) is 0 Å². The maximum Gasteiger partial charge on any atom is 0.00728 e. The summed E-state index contributed by atoms with van der Waals surface area (Å²) in [6, 6.07) is 1.61. The molecule has 1 heteroatoms. The Morgan fingerprint density at radius 2 is 2.09 bits per heavy atom. The largest absolute Gasteiger partial charge is 0.298 e. The second-order valence-corrected chi connectivity index (χ2v) is 4.14. The Kier molecular flexibility index (Phi) is 2.94. The molecule has 0 aromatic rings. The fourth-order valence-corrected chi connectivity index (χ4v) is 2.18. The van der Waals surface area contributed by atoms with E-state index < -0.39 is 0 Å². The van der Waals surface area contributed by atoms with Gasteiger partial charge in [0.05, 0.1) is 0 Å². The Morgan fingerprint density at radius 3 is 2.45 bits per heavy atom. The van der Waals surface area contributed by atoms with Gasteiger partial charge in [0.15, 0.2) is 0 Å². The molecule has 1 aliphatic rings. The molecule has 11 heavy (non-hydrogen) atoms. The summed E-state index contributed by atoms with van der Waals surface area (Å²) < 4.78 is 0. The van der Waals surface area contributed by atoms with Crippen molar-refractivity contribution < 1.29 is 0 Å². The highest BCUT2D eigenvalue weighted by atomic mass is 15.2. The normalized spacial score (nSPS) is 36.0. The van der Waals surface area contributed by atoms with E-state index in [0.717, 1.165) is 18.0 Å². The molecule has 3 atom stereocenters. The highest BCUT2D eigenvalue weighted by Crippen LogP contribution is 2.25. The first kappa shape index (κ1) is 9.05. The lowest BCUT2D eigenvalue weighted by Crippen LogP contribution is -2.35. The van der Waals surface area contributed by atoms with Crippen LogP contribution in [-0.4, -0.2) is 23.5 Å². The third-order valence-electron chi connectivity index (χ3n) is 2.99. The highest BCUT2D eigenvalue weighted by molar-refractivity contribution is 4.82. The van der Waals surface area contributed by atoms with Crippen LogP contribution >= 0.6 is 0 Å². The van der Waals surface area contributed by atoms with E-state index in [2.05, 4.69) is 32.6 Å².